The van der Waals surface area contributed by atoms with Crippen molar-refractivity contribution in [3.63, 3.8) is 0 Å². The fourth-order valence-corrected chi connectivity index (χ4v) is 11.7. The molecule has 584 valence electrons. The third-order valence-corrected chi connectivity index (χ3v) is 18.0. The number of phosphoric ester groups is 2. The van der Waals surface area contributed by atoms with Crippen LogP contribution >= 0.6 is 15.6 Å². The Morgan fingerprint density at radius 3 is 0.882 bits per heavy atom. The molecule has 0 fully saturated rings. The van der Waals surface area contributed by atoms with E-state index in [4.69, 9.17) is 37.0 Å². The Bertz CT molecular complexity index is 2460. The van der Waals surface area contributed by atoms with E-state index >= 15 is 0 Å². The van der Waals surface area contributed by atoms with Crippen LogP contribution in [0.2, 0.25) is 0 Å². The molecule has 0 aromatic rings. The van der Waals surface area contributed by atoms with Crippen molar-refractivity contribution in [2.45, 2.75) is 329 Å². The van der Waals surface area contributed by atoms with E-state index in [-0.39, 0.29) is 25.7 Å². The highest BCUT2D eigenvalue weighted by Gasteiger charge is 2.30. The first-order chi connectivity index (χ1) is 49.7. The van der Waals surface area contributed by atoms with Gasteiger partial charge in [-0.05, 0) is 141 Å². The second kappa shape index (κ2) is 74.5. The minimum absolute atomic E-state index is 0.0323. The summed E-state index contributed by atoms with van der Waals surface area (Å²) in [6.45, 7) is 4.50. The summed E-state index contributed by atoms with van der Waals surface area (Å²) < 4.78 is 68.4. The highest BCUT2D eigenvalue weighted by atomic mass is 31.2. The van der Waals surface area contributed by atoms with Gasteiger partial charge in [0.05, 0.1) is 26.4 Å². The first kappa shape index (κ1) is 97.2. The highest BCUT2D eigenvalue weighted by Crippen LogP contribution is 2.45. The van der Waals surface area contributed by atoms with Crippen LogP contribution in [-0.2, 0) is 65.4 Å². The Balaban J connectivity index is 5.40. The van der Waals surface area contributed by atoms with E-state index in [0.29, 0.717) is 32.1 Å². The number of hydrogen-bond acceptors (Lipinski definition) is 15. The van der Waals surface area contributed by atoms with E-state index in [1.54, 1.807) is 0 Å². The van der Waals surface area contributed by atoms with Crippen LogP contribution in [-0.4, -0.2) is 96.7 Å². The number of phosphoric acid groups is 2. The average molecular weight is 1470 g/mol. The van der Waals surface area contributed by atoms with Gasteiger partial charge in [0, 0.05) is 25.7 Å². The molecule has 0 heterocycles. The van der Waals surface area contributed by atoms with Gasteiger partial charge in [-0.1, -0.05) is 277 Å². The van der Waals surface area contributed by atoms with Gasteiger partial charge in [-0.25, -0.2) is 9.13 Å². The fraction of sp³-hybridized carbons (Fsp3) is 0.687. The van der Waals surface area contributed by atoms with Crippen molar-refractivity contribution >= 4 is 39.5 Å². The van der Waals surface area contributed by atoms with Gasteiger partial charge in [0.2, 0.25) is 0 Å². The topological polar surface area (TPSA) is 237 Å². The molecule has 5 unspecified atom stereocenters. The molecule has 0 spiro atoms. The van der Waals surface area contributed by atoms with Gasteiger partial charge in [-0.3, -0.25) is 37.3 Å². The summed E-state index contributed by atoms with van der Waals surface area (Å²) in [5, 5.41) is 10.6. The predicted molar refractivity (Wildman–Crippen MR) is 418 cm³/mol. The lowest BCUT2D eigenvalue weighted by atomic mass is 10.1. The van der Waals surface area contributed by atoms with Crippen molar-refractivity contribution in [3.05, 3.63) is 134 Å². The molecule has 0 saturated carbocycles. The Morgan fingerprint density at radius 2 is 0.539 bits per heavy atom. The smallest absolute Gasteiger partial charge is 0.462 e. The molecule has 5 atom stereocenters. The predicted octanol–water partition coefficient (Wildman–Crippen LogP) is 22.9. The molecule has 102 heavy (non-hydrogen) atoms. The summed E-state index contributed by atoms with van der Waals surface area (Å²) in [5.74, 6) is -2.30. The van der Waals surface area contributed by atoms with Crippen molar-refractivity contribution in [3.8, 4) is 0 Å². The molecule has 0 aliphatic rings. The van der Waals surface area contributed by atoms with E-state index in [9.17, 15) is 43.2 Å². The normalized spacial score (nSPS) is 14.6. The number of rotatable bonds is 73. The highest BCUT2D eigenvalue weighted by molar-refractivity contribution is 7.47. The van der Waals surface area contributed by atoms with Crippen molar-refractivity contribution in [1.82, 2.24) is 0 Å². The first-order valence-corrected chi connectivity index (χ1v) is 42.4. The lowest BCUT2D eigenvalue weighted by molar-refractivity contribution is -0.161. The number of aliphatic hydroxyl groups is 1. The van der Waals surface area contributed by atoms with Gasteiger partial charge in [0.15, 0.2) is 12.2 Å². The van der Waals surface area contributed by atoms with Gasteiger partial charge in [-0.2, -0.15) is 0 Å². The molecule has 0 amide bonds. The lowest BCUT2D eigenvalue weighted by Gasteiger charge is -2.21. The Labute approximate surface area is 618 Å². The van der Waals surface area contributed by atoms with Crippen LogP contribution in [0.4, 0.5) is 0 Å². The molecule has 0 aromatic carbocycles. The molecule has 19 heteroatoms. The summed E-state index contributed by atoms with van der Waals surface area (Å²) in [5.41, 5.74) is 0. The van der Waals surface area contributed by atoms with Crippen LogP contribution in [0, 0.1) is 0 Å². The van der Waals surface area contributed by atoms with Crippen LogP contribution < -0.4 is 0 Å². The van der Waals surface area contributed by atoms with Gasteiger partial charge in [0.25, 0.3) is 0 Å². The molecule has 0 aliphatic carbocycles. The number of allylic oxidation sites excluding steroid dienone is 22. The molecular weight excluding hydrogens is 1330 g/mol. The summed E-state index contributed by atoms with van der Waals surface area (Å²) in [4.78, 5) is 72.9. The second-order valence-electron chi connectivity index (χ2n) is 25.9. The molecule has 0 saturated heterocycles. The van der Waals surface area contributed by atoms with Crippen molar-refractivity contribution in [1.29, 1.82) is 0 Å². The minimum Gasteiger partial charge on any atom is -0.462 e. The van der Waals surface area contributed by atoms with Crippen LogP contribution in [0.3, 0.4) is 0 Å². The molecule has 0 bridgehead atoms. The number of aliphatic hydroxyl groups excluding tert-OH is 1. The maximum absolute atomic E-state index is 13.1. The van der Waals surface area contributed by atoms with Gasteiger partial charge >= 0.3 is 39.5 Å². The summed E-state index contributed by atoms with van der Waals surface area (Å²) in [7, 11) is -9.98. The number of carbonyl (C=O) groups is 4. The first-order valence-electron chi connectivity index (χ1n) is 39.4. The number of unbranched alkanes of at least 4 members (excludes halogenated alkanes) is 25. The molecule has 0 aliphatic heterocycles. The number of carbonyl (C=O) groups excluding carboxylic acids is 4. The van der Waals surface area contributed by atoms with E-state index < -0.39 is 97.5 Å². The maximum Gasteiger partial charge on any atom is 0.472 e. The standard InChI is InChI=1S/C83H140O17P2/c1-5-9-13-17-21-25-29-32-35-37-38-40-43-45-49-52-56-60-64-68-81(86)94-74-79(100-83(88)70-66-62-58-54-50-46-41-34-31-27-23-19-15-11-7-3)76-98-102(91,92)96-72-77(84)71-95-101(89,90)97-75-78(99-82(87)69-65-61-57-53-47-28-24-20-16-12-8-4)73-93-80(85)67-63-59-55-51-48-44-42-39-36-33-30-26-22-18-14-10-6-2/h9-10,13-14,20-22,24-26,32-36,38,40-41,45,49,56,60,77-79,84H,5-8,11-12,15-19,23,27-31,37,39,42-44,46-48,50-55,57-59,61-76H2,1-4H3,(H,89,90)(H,91,92)/b13-9-,14-10-,24-20-,25-21-,26-22-,35-32-,36-33-,40-38-,41-34-,49-45-,60-56-. The summed E-state index contributed by atoms with van der Waals surface area (Å²) in [6, 6.07) is 0. The number of hydrogen-bond donors (Lipinski definition) is 3. The number of ether oxygens (including phenoxy) is 4. The quantitative estimate of drug-likeness (QED) is 0.0169. The summed E-state index contributed by atoms with van der Waals surface area (Å²) in [6.07, 6.45) is 83.1. The van der Waals surface area contributed by atoms with Gasteiger partial charge in [-0.15, -0.1) is 0 Å². The fourth-order valence-electron chi connectivity index (χ4n) is 10.1. The Kier molecular flexibility index (Phi) is 71.0. The second-order valence-corrected chi connectivity index (χ2v) is 28.8. The minimum atomic E-state index is -5.00. The van der Waals surface area contributed by atoms with Crippen LogP contribution in [0.15, 0.2) is 134 Å². The van der Waals surface area contributed by atoms with Crippen molar-refractivity contribution in [2.75, 3.05) is 39.6 Å². The monoisotopic (exact) mass is 1470 g/mol. The zero-order valence-corrected chi connectivity index (χ0v) is 65.5. The van der Waals surface area contributed by atoms with Crippen LogP contribution in [0.25, 0.3) is 0 Å². The van der Waals surface area contributed by atoms with Gasteiger partial charge < -0.3 is 33.8 Å². The number of esters is 4. The lowest BCUT2D eigenvalue weighted by Crippen LogP contribution is -2.30. The maximum atomic E-state index is 13.1. The molecule has 0 radical (unpaired) electrons. The van der Waals surface area contributed by atoms with E-state index in [1.165, 1.54) is 51.4 Å². The van der Waals surface area contributed by atoms with Crippen LogP contribution in [0.1, 0.15) is 310 Å². The third kappa shape index (κ3) is 73.5. The largest absolute Gasteiger partial charge is 0.472 e. The SMILES string of the molecule is CC/C=C\C/C=C\C/C=C\C/C=C\C/C=C\C/C=C\CCC(=O)OCC(COP(=O)(O)OCC(O)COP(=O)(O)OCC(COC(=O)CCCCCCCCC/C=C\C/C=C\C/C=C\CC)OC(=O)CCCCCCC/C=C\CCCC)OC(=O)CCCCCCC/C=C\CCCCCCCC. The molecule has 3 N–H and O–H groups in total. The Hall–Kier alpha value is -4.80. The van der Waals surface area contributed by atoms with Crippen molar-refractivity contribution < 1.29 is 80.2 Å². The van der Waals surface area contributed by atoms with Crippen LogP contribution in [0.5, 0.6) is 0 Å². The zero-order chi connectivity index (χ0) is 74.6. The molecule has 0 aromatic heterocycles. The molecule has 17 nitrogen and oxygen atoms in total. The van der Waals surface area contributed by atoms with E-state index in [1.807, 2.05) is 18.2 Å². The van der Waals surface area contributed by atoms with E-state index in [0.717, 1.165) is 173 Å². The Morgan fingerprint density at radius 1 is 0.284 bits per heavy atom. The third-order valence-electron chi connectivity index (χ3n) is 16.1. The molecule has 0 rings (SSSR count). The zero-order valence-electron chi connectivity index (χ0n) is 63.7. The van der Waals surface area contributed by atoms with Gasteiger partial charge in [0.1, 0.15) is 19.3 Å². The summed E-state index contributed by atoms with van der Waals surface area (Å²) >= 11 is 0. The van der Waals surface area contributed by atoms with Crippen molar-refractivity contribution in [2.24, 2.45) is 0 Å². The average Bonchev–Trinajstić information content (AvgIpc) is 0.939. The molecular formula is C83H140O17P2. The van der Waals surface area contributed by atoms with E-state index in [2.05, 4.69) is 143 Å².